The van der Waals surface area contributed by atoms with E-state index < -0.39 is 0 Å². The molecule has 4 rings (SSSR count). The predicted molar refractivity (Wildman–Crippen MR) is 79.3 cm³/mol. The molecule has 2 nitrogen and oxygen atoms in total. The number of hydrogen-bond donors (Lipinski definition) is 2. The number of benzene rings is 1. The van der Waals surface area contributed by atoms with Crippen molar-refractivity contribution in [2.75, 3.05) is 18.4 Å². The second-order valence-electron chi connectivity index (χ2n) is 6.64. The highest BCUT2D eigenvalue weighted by molar-refractivity contribution is 5.56. The first-order chi connectivity index (χ1) is 9.40. The summed E-state index contributed by atoms with van der Waals surface area (Å²) in [5, 5.41) is 7.18. The van der Waals surface area contributed by atoms with E-state index in [1.807, 2.05) is 0 Å². The van der Waals surface area contributed by atoms with E-state index >= 15 is 0 Å². The summed E-state index contributed by atoms with van der Waals surface area (Å²) in [4.78, 5) is 0. The number of anilines is 1. The number of nitrogens with one attached hydrogen (secondary N) is 2. The molecule has 2 N–H and O–H groups in total. The Balaban J connectivity index is 1.32. The fraction of sp³-hybridized carbons (Fsp3) is 0.647. The Morgan fingerprint density at radius 1 is 1.16 bits per heavy atom. The standard InChI is InChI=1S/C17H24N2/c1-2-15-7-8-19-17(15)9-12(1)10-18-11-16(13-3-4-13)14-5-6-14/h1-2,9,13-14,16,18-19H,3-8,10-11H2. The van der Waals surface area contributed by atoms with E-state index in [0.29, 0.717) is 0 Å². The van der Waals surface area contributed by atoms with Gasteiger partial charge in [-0.05, 0) is 73.6 Å². The van der Waals surface area contributed by atoms with Gasteiger partial charge in [-0.2, -0.15) is 0 Å². The van der Waals surface area contributed by atoms with Gasteiger partial charge in [-0.25, -0.2) is 0 Å². The maximum absolute atomic E-state index is 3.71. The summed E-state index contributed by atoms with van der Waals surface area (Å²) in [6, 6.07) is 6.92. The predicted octanol–water partition coefficient (Wildman–Crippen LogP) is 3.18. The molecule has 1 aliphatic heterocycles. The monoisotopic (exact) mass is 256 g/mol. The van der Waals surface area contributed by atoms with Crippen LogP contribution in [0.3, 0.4) is 0 Å². The van der Waals surface area contributed by atoms with Crippen molar-refractivity contribution in [3.05, 3.63) is 29.3 Å². The summed E-state index contributed by atoms with van der Waals surface area (Å²) < 4.78 is 0. The first-order valence-corrected chi connectivity index (χ1v) is 7.96. The zero-order chi connectivity index (χ0) is 12.7. The minimum atomic E-state index is 0.979. The quantitative estimate of drug-likeness (QED) is 0.817. The van der Waals surface area contributed by atoms with Gasteiger partial charge in [-0.3, -0.25) is 0 Å². The fourth-order valence-corrected chi connectivity index (χ4v) is 3.60. The zero-order valence-corrected chi connectivity index (χ0v) is 11.6. The van der Waals surface area contributed by atoms with E-state index in [9.17, 15) is 0 Å². The molecule has 2 aliphatic carbocycles. The van der Waals surface area contributed by atoms with Crippen molar-refractivity contribution < 1.29 is 0 Å². The van der Waals surface area contributed by atoms with Gasteiger partial charge >= 0.3 is 0 Å². The van der Waals surface area contributed by atoms with Gasteiger partial charge in [-0.15, -0.1) is 0 Å². The zero-order valence-electron chi connectivity index (χ0n) is 11.6. The second-order valence-corrected chi connectivity index (χ2v) is 6.64. The van der Waals surface area contributed by atoms with Gasteiger partial charge in [0.2, 0.25) is 0 Å². The lowest BCUT2D eigenvalue weighted by Gasteiger charge is -2.16. The molecular formula is C17H24N2. The van der Waals surface area contributed by atoms with Crippen LogP contribution >= 0.6 is 0 Å². The summed E-state index contributed by atoms with van der Waals surface area (Å²) in [5.41, 5.74) is 4.27. The van der Waals surface area contributed by atoms with Crippen LogP contribution in [0.4, 0.5) is 5.69 Å². The van der Waals surface area contributed by atoms with Gasteiger partial charge in [-0.1, -0.05) is 12.1 Å². The van der Waals surface area contributed by atoms with E-state index in [4.69, 9.17) is 0 Å². The van der Waals surface area contributed by atoms with Crippen LogP contribution in [0.2, 0.25) is 0 Å². The van der Waals surface area contributed by atoms with Gasteiger partial charge in [0.05, 0.1) is 0 Å². The van der Waals surface area contributed by atoms with Crippen LogP contribution < -0.4 is 10.6 Å². The van der Waals surface area contributed by atoms with Crippen molar-refractivity contribution in [2.24, 2.45) is 17.8 Å². The summed E-state index contributed by atoms with van der Waals surface area (Å²) in [7, 11) is 0. The van der Waals surface area contributed by atoms with Crippen molar-refractivity contribution >= 4 is 5.69 Å². The first kappa shape index (κ1) is 11.8. The topological polar surface area (TPSA) is 24.1 Å². The van der Waals surface area contributed by atoms with Crippen molar-refractivity contribution in [3.63, 3.8) is 0 Å². The Kier molecular flexibility index (Phi) is 2.99. The van der Waals surface area contributed by atoms with Gasteiger partial charge in [0.1, 0.15) is 0 Å². The van der Waals surface area contributed by atoms with Crippen LogP contribution in [-0.2, 0) is 13.0 Å². The maximum atomic E-state index is 3.71. The molecule has 1 aromatic rings. The molecule has 0 atom stereocenters. The summed E-state index contributed by atoms with van der Waals surface area (Å²) in [5.74, 6) is 3.09. The number of fused-ring (bicyclic) bond motifs is 1. The molecule has 19 heavy (non-hydrogen) atoms. The molecule has 0 unspecified atom stereocenters. The van der Waals surface area contributed by atoms with Crippen LogP contribution in [0.15, 0.2) is 18.2 Å². The van der Waals surface area contributed by atoms with Gasteiger partial charge in [0.25, 0.3) is 0 Å². The molecule has 0 aromatic heterocycles. The van der Waals surface area contributed by atoms with Gasteiger partial charge < -0.3 is 10.6 Å². The van der Waals surface area contributed by atoms with E-state index in [2.05, 4.69) is 28.8 Å². The van der Waals surface area contributed by atoms with E-state index in [1.54, 1.807) is 0 Å². The smallest absolute Gasteiger partial charge is 0.0376 e. The molecule has 1 aromatic carbocycles. The third-order valence-corrected chi connectivity index (χ3v) is 5.05. The molecular weight excluding hydrogens is 232 g/mol. The molecule has 1 heterocycles. The lowest BCUT2D eigenvalue weighted by molar-refractivity contribution is 0.378. The van der Waals surface area contributed by atoms with Crippen molar-refractivity contribution in [3.8, 4) is 0 Å². The molecule has 2 heteroatoms. The molecule has 0 spiro atoms. The second kappa shape index (κ2) is 4.82. The highest BCUT2D eigenvalue weighted by Gasteiger charge is 2.40. The van der Waals surface area contributed by atoms with Crippen molar-refractivity contribution in [1.29, 1.82) is 0 Å². The van der Waals surface area contributed by atoms with Crippen LogP contribution in [0, 0.1) is 17.8 Å². The van der Waals surface area contributed by atoms with Gasteiger partial charge in [0.15, 0.2) is 0 Å². The average molecular weight is 256 g/mol. The Hall–Kier alpha value is -1.02. The molecule has 0 saturated heterocycles. The lowest BCUT2D eigenvalue weighted by Crippen LogP contribution is -2.25. The molecule has 0 bridgehead atoms. The number of hydrogen-bond acceptors (Lipinski definition) is 2. The van der Waals surface area contributed by atoms with Gasteiger partial charge in [0, 0.05) is 18.8 Å². The summed E-state index contributed by atoms with van der Waals surface area (Å²) in [6.07, 6.45) is 7.16. The largest absolute Gasteiger partial charge is 0.384 e. The van der Waals surface area contributed by atoms with Crippen molar-refractivity contribution in [2.45, 2.75) is 38.6 Å². The Morgan fingerprint density at radius 3 is 2.68 bits per heavy atom. The van der Waals surface area contributed by atoms with Crippen molar-refractivity contribution in [1.82, 2.24) is 5.32 Å². The molecule has 0 radical (unpaired) electrons. The lowest BCUT2D eigenvalue weighted by atomic mass is 9.98. The van der Waals surface area contributed by atoms with Crippen LogP contribution in [-0.4, -0.2) is 13.1 Å². The highest BCUT2D eigenvalue weighted by Crippen LogP contribution is 2.48. The third-order valence-electron chi connectivity index (χ3n) is 5.05. The van der Waals surface area contributed by atoms with Crippen LogP contribution in [0.1, 0.15) is 36.8 Å². The Labute approximate surface area is 116 Å². The molecule has 2 fully saturated rings. The Morgan fingerprint density at radius 2 is 1.95 bits per heavy atom. The highest BCUT2D eigenvalue weighted by atomic mass is 14.9. The maximum Gasteiger partial charge on any atom is 0.0376 e. The fourth-order valence-electron chi connectivity index (χ4n) is 3.60. The Bertz CT molecular complexity index is 448. The molecule has 3 aliphatic rings. The van der Waals surface area contributed by atoms with Crippen LogP contribution in [0.5, 0.6) is 0 Å². The normalized spacial score (nSPS) is 21.5. The number of rotatable bonds is 6. The van der Waals surface area contributed by atoms with E-state index in [0.717, 1.165) is 30.8 Å². The average Bonchev–Trinajstić information content (AvgIpc) is 3.33. The molecule has 2 saturated carbocycles. The molecule has 102 valence electrons. The minimum Gasteiger partial charge on any atom is -0.384 e. The molecule has 0 amide bonds. The summed E-state index contributed by atoms with van der Waals surface area (Å²) >= 11 is 0. The first-order valence-electron chi connectivity index (χ1n) is 7.96. The van der Waals surface area contributed by atoms with Crippen LogP contribution in [0.25, 0.3) is 0 Å². The SMILES string of the molecule is c1cc2c(cc1CNCC(C1CC1)C1CC1)NCC2. The van der Waals surface area contributed by atoms with E-state index in [1.165, 1.54) is 55.5 Å². The third kappa shape index (κ3) is 2.64. The minimum absolute atomic E-state index is 0.979. The van der Waals surface area contributed by atoms with E-state index in [-0.39, 0.29) is 0 Å². The summed E-state index contributed by atoms with van der Waals surface area (Å²) in [6.45, 7) is 3.38.